The van der Waals surface area contributed by atoms with E-state index in [9.17, 15) is 8.42 Å². The summed E-state index contributed by atoms with van der Waals surface area (Å²) in [4.78, 5) is 3.90. The number of ether oxygens (including phenoxy) is 1. The third-order valence-corrected chi connectivity index (χ3v) is 5.63. The normalized spacial score (nSPS) is 28.5. The van der Waals surface area contributed by atoms with Crippen molar-refractivity contribution in [2.45, 2.75) is 29.9 Å². The van der Waals surface area contributed by atoms with Crippen LogP contribution in [0, 0.1) is 0 Å². The van der Waals surface area contributed by atoms with Crippen molar-refractivity contribution in [2.24, 2.45) is 0 Å². The third kappa shape index (κ3) is 2.03. The zero-order valence-electron chi connectivity index (χ0n) is 9.62. The van der Waals surface area contributed by atoms with E-state index in [4.69, 9.17) is 16.3 Å². The van der Waals surface area contributed by atoms with E-state index < -0.39 is 10.0 Å². The Bertz CT molecular complexity index is 551. The van der Waals surface area contributed by atoms with E-state index in [0.29, 0.717) is 13.1 Å². The fourth-order valence-electron chi connectivity index (χ4n) is 2.48. The van der Waals surface area contributed by atoms with E-state index in [0.717, 1.165) is 12.8 Å². The molecule has 0 amide bonds. The Balaban J connectivity index is 1.94. The maximum atomic E-state index is 12.5. The van der Waals surface area contributed by atoms with Gasteiger partial charge in [0.15, 0.2) is 0 Å². The highest BCUT2D eigenvalue weighted by Crippen LogP contribution is 2.31. The van der Waals surface area contributed by atoms with Gasteiger partial charge in [-0.3, -0.25) is 0 Å². The lowest BCUT2D eigenvalue weighted by Crippen LogP contribution is -2.45. The minimum absolute atomic E-state index is 0.0222. The zero-order valence-corrected chi connectivity index (χ0v) is 11.2. The van der Waals surface area contributed by atoms with Gasteiger partial charge in [-0.25, -0.2) is 13.4 Å². The summed E-state index contributed by atoms with van der Waals surface area (Å²) >= 11 is 5.87. The van der Waals surface area contributed by atoms with Gasteiger partial charge >= 0.3 is 0 Å². The van der Waals surface area contributed by atoms with E-state index >= 15 is 0 Å². The molecule has 2 saturated heterocycles. The second kappa shape index (κ2) is 4.45. The minimum atomic E-state index is -3.56. The fraction of sp³-hybridized carbons (Fsp3) is 0.545. The Morgan fingerprint density at radius 1 is 1.33 bits per heavy atom. The molecule has 1 aromatic rings. The third-order valence-electron chi connectivity index (χ3n) is 3.35. The summed E-state index contributed by atoms with van der Waals surface area (Å²) in [5.74, 6) is 0. The lowest BCUT2D eigenvalue weighted by atomic mass is 10.2. The van der Waals surface area contributed by atoms with E-state index in [1.807, 2.05) is 0 Å². The van der Waals surface area contributed by atoms with Crippen molar-refractivity contribution in [3.63, 3.8) is 0 Å². The number of morpholine rings is 1. The molecule has 7 heteroatoms. The maximum Gasteiger partial charge on any atom is 0.246 e. The first-order chi connectivity index (χ1) is 8.57. The van der Waals surface area contributed by atoms with Gasteiger partial charge in [-0.15, -0.1) is 0 Å². The summed E-state index contributed by atoms with van der Waals surface area (Å²) in [6.07, 6.45) is 3.38. The lowest BCUT2D eigenvalue weighted by Gasteiger charge is -2.31. The number of hydrogen-bond donors (Lipinski definition) is 0. The topological polar surface area (TPSA) is 59.5 Å². The molecule has 0 aromatic carbocycles. The van der Waals surface area contributed by atoms with Crippen LogP contribution in [-0.4, -0.2) is 43.0 Å². The van der Waals surface area contributed by atoms with Crippen LogP contribution in [-0.2, 0) is 14.8 Å². The van der Waals surface area contributed by atoms with Crippen LogP contribution in [0.2, 0.25) is 5.15 Å². The van der Waals surface area contributed by atoms with Crippen LogP contribution < -0.4 is 0 Å². The quantitative estimate of drug-likeness (QED) is 0.770. The van der Waals surface area contributed by atoms with Crippen molar-refractivity contribution in [3.05, 3.63) is 23.5 Å². The monoisotopic (exact) mass is 288 g/mol. The summed E-state index contributed by atoms with van der Waals surface area (Å²) in [7, 11) is -3.56. The highest BCUT2D eigenvalue weighted by molar-refractivity contribution is 7.89. The average Bonchev–Trinajstić information content (AvgIpc) is 2.68. The van der Waals surface area contributed by atoms with E-state index in [2.05, 4.69) is 4.98 Å². The summed E-state index contributed by atoms with van der Waals surface area (Å²) in [6.45, 7) is 0.814. The molecule has 1 aromatic heterocycles. The summed E-state index contributed by atoms with van der Waals surface area (Å²) in [5.41, 5.74) is 0. The molecule has 2 aliphatic rings. The van der Waals surface area contributed by atoms with Crippen molar-refractivity contribution in [1.29, 1.82) is 0 Å². The Morgan fingerprint density at radius 3 is 2.61 bits per heavy atom. The van der Waals surface area contributed by atoms with Gasteiger partial charge in [0.05, 0.1) is 12.2 Å². The first-order valence-electron chi connectivity index (χ1n) is 5.83. The molecule has 5 nitrogen and oxygen atoms in total. The Hall–Kier alpha value is -0.690. The highest BCUT2D eigenvalue weighted by Gasteiger charge is 2.40. The molecule has 2 aliphatic heterocycles. The molecule has 0 N–H and O–H groups in total. The summed E-state index contributed by atoms with van der Waals surface area (Å²) in [5, 5.41) is 0.0244. The standard InChI is InChI=1S/C11H13ClN2O3S/c12-11-10(2-1-5-13-11)18(15,16)14-6-8-3-4-9(7-14)17-8/h1-2,5,8-9H,3-4,6-7H2. The molecule has 0 aliphatic carbocycles. The number of hydrogen-bond acceptors (Lipinski definition) is 4. The molecule has 0 radical (unpaired) electrons. The van der Waals surface area contributed by atoms with Crippen LogP contribution in [0.5, 0.6) is 0 Å². The van der Waals surface area contributed by atoms with Gasteiger partial charge in [0.1, 0.15) is 10.0 Å². The Morgan fingerprint density at radius 2 is 2.00 bits per heavy atom. The van der Waals surface area contributed by atoms with Crippen molar-refractivity contribution < 1.29 is 13.2 Å². The summed E-state index contributed by atoms with van der Waals surface area (Å²) in [6, 6.07) is 3.07. The molecule has 18 heavy (non-hydrogen) atoms. The zero-order chi connectivity index (χ0) is 12.8. The number of aromatic nitrogens is 1. The number of nitrogens with zero attached hydrogens (tertiary/aromatic N) is 2. The van der Waals surface area contributed by atoms with Crippen molar-refractivity contribution >= 4 is 21.6 Å². The smallest absolute Gasteiger partial charge is 0.246 e. The van der Waals surface area contributed by atoms with Crippen molar-refractivity contribution in [2.75, 3.05) is 13.1 Å². The molecule has 2 atom stereocenters. The minimum Gasteiger partial charge on any atom is -0.372 e. The molecule has 3 heterocycles. The van der Waals surface area contributed by atoms with Crippen LogP contribution in [0.4, 0.5) is 0 Å². The van der Waals surface area contributed by atoms with Gasteiger partial charge in [0.25, 0.3) is 0 Å². The molecule has 0 spiro atoms. The van der Waals surface area contributed by atoms with E-state index in [1.165, 1.54) is 16.6 Å². The van der Waals surface area contributed by atoms with Gasteiger partial charge in [-0.05, 0) is 25.0 Å². The summed E-state index contributed by atoms with van der Waals surface area (Å²) < 4.78 is 32.0. The largest absolute Gasteiger partial charge is 0.372 e. The van der Waals surface area contributed by atoms with Crippen LogP contribution in [0.1, 0.15) is 12.8 Å². The van der Waals surface area contributed by atoms with Crippen LogP contribution in [0.15, 0.2) is 23.2 Å². The molecular formula is C11H13ClN2O3S. The maximum absolute atomic E-state index is 12.5. The van der Waals surface area contributed by atoms with Crippen LogP contribution >= 0.6 is 11.6 Å². The number of fused-ring (bicyclic) bond motifs is 2. The lowest BCUT2D eigenvalue weighted by molar-refractivity contribution is -0.0114. The van der Waals surface area contributed by atoms with Gasteiger partial charge in [-0.2, -0.15) is 4.31 Å². The number of rotatable bonds is 2. The fourth-order valence-corrected chi connectivity index (χ4v) is 4.41. The average molecular weight is 289 g/mol. The Labute approximate surface area is 111 Å². The number of halogens is 1. The first kappa shape index (κ1) is 12.3. The molecule has 2 unspecified atom stereocenters. The SMILES string of the molecule is O=S(=O)(c1cccnc1Cl)N1CC2CCC(C1)O2. The molecule has 3 rings (SSSR count). The van der Waals surface area contributed by atoms with E-state index in [-0.39, 0.29) is 22.3 Å². The molecule has 98 valence electrons. The van der Waals surface area contributed by atoms with Crippen molar-refractivity contribution in [1.82, 2.24) is 9.29 Å². The molecular weight excluding hydrogens is 276 g/mol. The predicted molar refractivity (Wildman–Crippen MR) is 65.9 cm³/mol. The Kier molecular flexibility index (Phi) is 3.05. The highest BCUT2D eigenvalue weighted by atomic mass is 35.5. The number of sulfonamides is 1. The predicted octanol–water partition coefficient (Wildman–Crippen LogP) is 1.29. The number of pyridine rings is 1. The van der Waals surface area contributed by atoms with Gasteiger partial charge < -0.3 is 4.74 Å². The van der Waals surface area contributed by atoms with Gasteiger partial charge in [0.2, 0.25) is 10.0 Å². The van der Waals surface area contributed by atoms with Crippen LogP contribution in [0.25, 0.3) is 0 Å². The molecule has 0 saturated carbocycles. The van der Waals surface area contributed by atoms with Crippen molar-refractivity contribution in [3.8, 4) is 0 Å². The molecule has 2 bridgehead atoms. The van der Waals surface area contributed by atoms with Crippen LogP contribution in [0.3, 0.4) is 0 Å². The van der Waals surface area contributed by atoms with Gasteiger partial charge in [0, 0.05) is 19.3 Å². The van der Waals surface area contributed by atoms with Gasteiger partial charge in [-0.1, -0.05) is 11.6 Å². The second-order valence-electron chi connectivity index (χ2n) is 4.57. The molecule has 2 fully saturated rings. The van der Waals surface area contributed by atoms with E-state index in [1.54, 1.807) is 6.07 Å². The first-order valence-corrected chi connectivity index (χ1v) is 7.65. The second-order valence-corrected chi connectivity index (χ2v) is 6.84.